The van der Waals surface area contributed by atoms with Gasteiger partial charge in [-0.2, -0.15) is 0 Å². The fraction of sp³-hybridized carbons (Fsp3) is 0.304. The monoisotopic (exact) mass is 450 g/mol. The third kappa shape index (κ3) is 3.33. The minimum atomic E-state index is -1.46. The Kier molecular flexibility index (Phi) is 5.13. The molecule has 0 bridgehead atoms. The summed E-state index contributed by atoms with van der Waals surface area (Å²) < 4.78 is 19.9. The molecule has 32 heavy (non-hydrogen) atoms. The SMILES string of the molecule is CC1(Cn2ccnn2)[C@H](C(=O)OC(c2ccccc2)c2ccccc2)N2C(=O)C[C@H]2S1=O. The van der Waals surface area contributed by atoms with E-state index in [0.717, 1.165) is 11.1 Å². The summed E-state index contributed by atoms with van der Waals surface area (Å²) in [6.45, 7) is 1.93. The minimum absolute atomic E-state index is 0.171. The van der Waals surface area contributed by atoms with Crippen molar-refractivity contribution in [2.24, 2.45) is 0 Å². The van der Waals surface area contributed by atoms with E-state index in [4.69, 9.17) is 4.74 Å². The highest BCUT2D eigenvalue weighted by Gasteiger charge is 2.65. The van der Waals surface area contributed by atoms with E-state index in [9.17, 15) is 13.8 Å². The second-order valence-electron chi connectivity index (χ2n) is 8.21. The molecule has 5 rings (SSSR count). The zero-order valence-corrected chi connectivity index (χ0v) is 18.2. The number of benzene rings is 2. The van der Waals surface area contributed by atoms with E-state index in [1.54, 1.807) is 17.8 Å². The van der Waals surface area contributed by atoms with Crippen LogP contribution in [-0.2, 0) is 31.7 Å². The molecule has 1 aromatic heterocycles. The first-order chi connectivity index (χ1) is 15.5. The van der Waals surface area contributed by atoms with Gasteiger partial charge in [0, 0.05) is 6.20 Å². The van der Waals surface area contributed by atoms with E-state index in [1.165, 1.54) is 11.1 Å². The van der Waals surface area contributed by atoms with Crippen LogP contribution in [0.3, 0.4) is 0 Å². The normalized spacial score (nSPS) is 26.6. The van der Waals surface area contributed by atoms with Gasteiger partial charge in [-0.3, -0.25) is 13.7 Å². The number of hydrogen-bond donors (Lipinski definition) is 0. The Labute approximate surface area is 187 Å². The third-order valence-corrected chi connectivity index (χ3v) is 8.28. The van der Waals surface area contributed by atoms with Gasteiger partial charge >= 0.3 is 5.97 Å². The molecule has 4 atom stereocenters. The summed E-state index contributed by atoms with van der Waals surface area (Å²) in [7, 11) is -1.46. The topological polar surface area (TPSA) is 94.4 Å². The van der Waals surface area contributed by atoms with Crippen LogP contribution in [0.15, 0.2) is 73.1 Å². The van der Waals surface area contributed by atoms with Gasteiger partial charge in [-0.25, -0.2) is 4.79 Å². The van der Waals surface area contributed by atoms with Crippen LogP contribution in [0.5, 0.6) is 0 Å². The number of amides is 1. The van der Waals surface area contributed by atoms with Crippen molar-refractivity contribution in [2.75, 3.05) is 0 Å². The van der Waals surface area contributed by atoms with Gasteiger partial charge in [0.05, 0.1) is 34.7 Å². The molecule has 2 aliphatic rings. The number of fused-ring (bicyclic) bond motifs is 1. The molecule has 0 radical (unpaired) electrons. The van der Waals surface area contributed by atoms with Crippen molar-refractivity contribution in [1.82, 2.24) is 19.9 Å². The maximum absolute atomic E-state index is 13.6. The van der Waals surface area contributed by atoms with E-state index < -0.39 is 39.0 Å². The van der Waals surface area contributed by atoms with Crippen LogP contribution >= 0.6 is 0 Å². The van der Waals surface area contributed by atoms with Crippen molar-refractivity contribution in [1.29, 1.82) is 0 Å². The first kappa shape index (κ1) is 20.6. The fourth-order valence-corrected chi connectivity index (χ4v) is 6.57. The quantitative estimate of drug-likeness (QED) is 0.422. The fourth-order valence-electron chi connectivity index (χ4n) is 4.52. The lowest BCUT2D eigenvalue weighted by atomic mass is 9.95. The number of rotatable bonds is 6. The molecule has 0 N–H and O–H groups in total. The summed E-state index contributed by atoms with van der Waals surface area (Å²) in [6.07, 6.45) is 2.70. The van der Waals surface area contributed by atoms with Gasteiger partial charge in [-0.05, 0) is 18.1 Å². The van der Waals surface area contributed by atoms with Gasteiger partial charge < -0.3 is 9.64 Å². The van der Waals surface area contributed by atoms with Crippen molar-refractivity contribution in [2.45, 2.75) is 42.2 Å². The van der Waals surface area contributed by atoms with Gasteiger partial charge in [0.2, 0.25) is 5.91 Å². The average molecular weight is 451 g/mol. The lowest BCUT2D eigenvalue weighted by molar-refractivity contribution is -0.164. The van der Waals surface area contributed by atoms with Gasteiger partial charge in [-0.1, -0.05) is 65.9 Å². The minimum Gasteiger partial charge on any atom is -0.451 e. The molecule has 2 aromatic carbocycles. The highest BCUT2D eigenvalue weighted by Crippen LogP contribution is 2.45. The van der Waals surface area contributed by atoms with E-state index in [-0.39, 0.29) is 18.9 Å². The highest BCUT2D eigenvalue weighted by molar-refractivity contribution is 7.87. The molecule has 8 nitrogen and oxygen atoms in total. The summed E-state index contributed by atoms with van der Waals surface area (Å²) in [4.78, 5) is 27.5. The number of ether oxygens (including phenoxy) is 1. The summed E-state index contributed by atoms with van der Waals surface area (Å²) in [5.74, 6) is -0.766. The Morgan fingerprint density at radius 2 is 1.78 bits per heavy atom. The van der Waals surface area contributed by atoms with Crippen LogP contribution < -0.4 is 0 Å². The number of carbonyl (C=O) groups excluding carboxylic acids is 2. The molecule has 2 saturated heterocycles. The number of hydrogen-bond acceptors (Lipinski definition) is 6. The Morgan fingerprint density at radius 3 is 2.31 bits per heavy atom. The van der Waals surface area contributed by atoms with Crippen LogP contribution in [-0.4, -0.2) is 52.1 Å². The smallest absolute Gasteiger partial charge is 0.331 e. The van der Waals surface area contributed by atoms with Crippen molar-refractivity contribution < 1.29 is 18.5 Å². The van der Waals surface area contributed by atoms with Crippen LogP contribution in [0.1, 0.15) is 30.6 Å². The predicted molar refractivity (Wildman–Crippen MR) is 116 cm³/mol. The van der Waals surface area contributed by atoms with Crippen molar-refractivity contribution >= 4 is 22.7 Å². The Morgan fingerprint density at radius 1 is 1.16 bits per heavy atom. The lowest BCUT2D eigenvalue weighted by Crippen LogP contribution is -2.58. The largest absolute Gasteiger partial charge is 0.451 e. The van der Waals surface area contributed by atoms with Crippen LogP contribution in [0.4, 0.5) is 0 Å². The van der Waals surface area contributed by atoms with E-state index in [2.05, 4.69) is 10.3 Å². The molecule has 2 fully saturated rings. The molecule has 2 aliphatic heterocycles. The van der Waals surface area contributed by atoms with Gasteiger partial charge in [0.25, 0.3) is 0 Å². The van der Waals surface area contributed by atoms with Crippen molar-refractivity contribution in [3.63, 3.8) is 0 Å². The number of esters is 1. The standard InChI is InChI=1S/C23H22N4O4S/c1-23(15-26-13-12-24-25-26)21(27-18(28)14-19(27)32(23)30)22(29)31-20(16-8-4-2-5-9-16)17-10-6-3-7-11-17/h2-13,19-21H,14-15H2,1H3/t19-,21+,23?,32?/m1/s1. The third-order valence-electron chi connectivity index (χ3n) is 6.12. The number of β-lactam (4-membered cyclic amide) rings is 1. The van der Waals surface area contributed by atoms with Crippen molar-refractivity contribution in [3.8, 4) is 0 Å². The Bertz CT molecular complexity index is 1120. The average Bonchev–Trinajstić information content (AvgIpc) is 3.37. The van der Waals surface area contributed by atoms with E-state index >= 15 is 0 Å². The molecular weight excluding hydrogens is 428 g/mol. The summed E-state index contributed by atoms with van der Waals surface area (Å²) >= 11 is 0. The first-order valence-electron chi connectivity index (χ1n) is 10.4. The molecule has 0 spiro atoms. The lowest BCUT2D eigenvalue weighted by Gasteiger charge is -2.37. The van der Waals surface area contributed by atoms with E-state index in [0.29, 0.717) is 0 Å². The number of aromatic nitrogens is 3. The van der Waals surface area contributed by atoms with Crippen molar-refractivity contribution in [3.05, 3.63) is 84.2 Å². The Balaban J connectivity index is 1.50. The second-order valence-corrected chi connectivity index (χ2v) is 10.3. The molecule has 164 valence electrons. The highest BCUT2D eigenvalue weighted by atomic mass is 32.2. The van der Waals surface area contributed by atoms with Gasteiger partial charge in [0.1, 0.15) is 11.4 Å². The zero-order valence-electron chi connectivity index (χ0n) is 17.4. The molecule has 3 aromatic rings. The molecule has 3 heterocycles. The van der Waals surface area contributed by atoms with E-state index in [1.807, 2.05) is 60.7 Å². The number of nitrogens with zero attached hydrogens (tertiary/aromatic N) is 4. The predicted octanol–water partition coefficient (Wildman–Crippen LogP) is 2.06. The maximum atomic E-state index is 13.6. The molecule has 1 amide bonds. The van der Waals surface area contributed by atoms with Crippen LogP contribution in [0, 0.1) is 0 Å². The van der Waals surface area contributed by atoms with Crippen LogP contribution in [0.2, 0.25) is 0 Å². The Hall–Kier alpha value is -3.33. The molecule has 2 unspecified atom stereocenters. The molecule has 0 saturated carbocycles. The van der Waals surface area contributed by atoms with Gasteiger partial charge in [0.15, 0.2) is 6.10 Å². The van der Waals surface area contributed by atoms with Crippen LogP contribution in [0.25, 0.3) is 0 Å². The summed E-state index contributed by atoms with van der Waals surface area (Å²) in [5, 5.41) is 7.29. The second kappa shape index (κ2) is 7.98. The first-order valence-corrected chi connectivity index (χ1v) is 11.6. The molecule has 0 aliphatic carbocycles. The summed E-state index contributed by atoms with van der Waals surface area (Å²) in [5.41, 5.74) is 1.63. The summed E-state index contributed by atoms with van der Waals surface area (Å²) in [6, 6.07) is 17.9. The molecular formula is C23H22N4O4S. The zero-order chi connectivity index (χ0) is 22.3. The molecule has 9 heteroatoms. The maximum Gasteiger partial charge on any atom is 0.331 e. The number of carbonyl (C=O) groups is 2. The van der Waals surface area contributed by atoms with Gasteiger partial charge in [-0.15, -0.1) is 5.10 Å².